The van der Waals surface area contributed by atoms with Crippen LogP contribution in [0.2, 0.25) is 0 Å². The topological polar surface area (TPSA) is 173 Å². The molecule has 0 spiro atoms. The number of fused-ring (bicyclic) bond motifs is 3. The molecule has 4 heterocycles. The van der Waals surface area contributed by atoms with E-state index in [2.05, 4.69) is 15.0 Å². The molecule has 2 aliphatic heterocycles. The Balaban J connectivity index is 1.21. The summed E-state index contributed by atoms with van der Waals surface area (Å²) in [6.45, 7) is 4.37. The summed E-state index contributed by atoms with van der Waals surface area (Å²) >= 11 is 0. The van der Waals surface area contributed by atoms with Crippen molar-refractivity contribution in [3.05, 3.63) is 53.7 Å². The minimum absolute atomic E-state index is 0.0819. The van der Waals surface area contributed by atoms with Crippen molar-refractivity contribution < 1.29 is 32.3 Å². The molecule has 3 fully saturated rings. The van der Waals surface area contributed by atoms with Gasteiger partial charge in [0.2, 0.25) is 21.8 Å². The summed E-state index contributed by atoms with van der Waals surface area (Å²) in [6, 6.07) is 7.88. The number of urea groups is 1. The van der Waals surface area contributed by atoms with Gasteiger partial charge < -0.3 is 24.6 Å². The smallest absolute Gasteiger partial charge is 0.320 e. The highest BCUT2D eigenvalue weighted by atomic mass is 32.2. The third-order valence-electron chi connectivity index (χ3n) is 10.2. The van der Waals surface area contributed by atoms with Crippen LogP contribution in [-0.2, 0) is 19.6 Å². The number of carbonyl (C=O) groups excluding carboxylic acids is 3. The van der Waals surface area contributed by atoms with Crippen molar-refractivity contribution >= 4 is 38.8 Å². The zero-order valence-corrected chi connectivity index (χ0v) is 30.0. The number of ether oxygens (including phenoxy) is 2. The highest BCUT2D eigenvalue weighted by Gasteiger charge is 2.62. The average molecular weight is 718 g/mol. The zero-order valence-electron chi connectivity index (χ0n) is 29.2. The van der Waals surface area contributed by atoms with Crippen LogP contribution in [0.1, 0.15) is 56.2 Å². The van der Waals surface area contributed by atoms with Crippen LogP contribution in [0.5, 0.6) is 11.6 Å². The number of hydrogen-bond donors (Lipinski definition) is 2. The second kappa shape index (κ2) is 13.4. The van der Waals surface area contributed by atoms with E-state index in [1.807, 2.05) is 56.3 Å². The number of sulfonamides is 1. The van der Waals surface area contributed by atoms with Crippen LogP contribution in [-0.4, -0.2) is 101 Å². The maximum atomic E-state index is 14.2. The van der Waals surface area contributed by atoms with Crippen LogP contribution in [0, 0.1) is 19.8 Å². The molecule has 1 aromatic carbocycles. The monoisotopic (exact) mass is 717 g/mol. The van der Waals surface area contributed by atoms with Crippen molar-refractivity contribution in [1.29, 1.82) is 0 Å². The van der Waals surface area contributed by atoms with Crippen molar-refractivity contribution in [2.75, 3.05) is 27.2 Å². The number of amides is 4. The van der Waals surface area contributed by atoms with Gasteiger partial charge in [-0.1, -0.05) is 18.2 Å². The van der Waals surface area contributed by atoms with Crippen LogP contribution in [0.3, 0.4) is 0 Å². The lowest BCUT2D eigenvalue weighted by molar-refractivity contribution is -0.131. The highest BCUT2D eigenvalue weighted by molar-refractivity contribution is 7.91. The molecule has 2 aromatic heterocycles. The van der Waals surface area contributed by atoms with Crippen molar-refractivity contribution in [3.8, 4) is 23.1 Å². The molecule has 0 unspecified atom stereocenters. The summed E-state index contributed by atoms with van der Waals surface area (Å²) in [6.07, 6.45) is 6.86. The van der Waals surface area contributed by atoms with Crippen LogP contribution in [0.4, 0.5) is 4.79 Å². The molecule has 270 valence electrons. The number of nitrogens with one attached hydrogen (secondary N) is 2. The maximum Gasteiger partial charge on any atom is 0.320 e. The lowest BCUT2D eigenvalue weighted by Gasteiger charge is -2.30. The van der Waals surface area contributed by atoms with Gasteiger partial charge in [-0.25, -0.2) is 23.2 Å². The summed E-state index contributed by atoms with van der Waals surface area (Å²) in [5, 5.41) is 2.93. The predicted molar refractivity (Wildman–Crippen MR) is 188 cm³/mol. The molecule has 7 rings (SSSR count). The predicted octanol–water partition coefficient (Wildman–Crippen LogP) is 3.41. The van der Waals surface area contributed by atoms with Gasteiger partial charge in [0.15, 0.2) is 5.82 Å². The number of aryl methyl sites for hydroxylation is 2. The molecule has 1 saturated heterocycles. The molecular formula is C36H43N7O7S. The van der Waals surface area contributed by atoms with Gasteiger partial charge in [0.05, 0.1) is 29.8 Å². The van der Waals surface area contributed by atoms with Crippen molar-refractivity contribution in [3.63, 3.8) is 0 Å². The molecule has 2 N–H and O–H groups in total. The Morgan fingerprint density at radius 3 is 2.63 bits per heavy atom. The van der Waals surface area contributed by atoms with Crippen molar-refractivity contribution in [2.45, 2.75) is 81.7 Å². The third-order valence-corrected chi connectivity index (χ3v) is 12.1. The number of methoxy groups -OCH3 is 1. The first-order valence-corrected chi connectivity index (χ1v) is 19.0. The lowest BCUT2D eigenvalue weighted by Crippen LogP contribution is -2.57. The van der Waals surface area contributed by atoms with Crippen LogP contribution >= 0.6 is 0 Å². The molecule has 2 saturated carbocycles. The second-order valence-corrected chi connectivity index (χ2v) is 16.0. The number of carbonyl (C=O) groups is 3. The van der Waals surface area contributed by atoms with Gasteiger partial charge in [0.25, 0.3) is 5.91 Å². The fraction of sp³-hybridized carbons (Fsp3) is 0.500. The summed E-state index contributed by atoms with van der Waals surface area (Å²) in [5.74, 6) is -0.401. The van der Waals surface area contributed by atoms with Gasteiger partial charge in [0.1, 0.15) is 29.1 Å². The number of hydrogen-bond acceptors (Lipinski definition) is 10. The first kappa shape index (κ1) is 34.6. The van der Waals surface area contributed by atoms with Gasteiger partial charge >= 0.3 is 6.03 Å². The van der Waals surface area contributed by atoms with E-state index in [0.29, 0.717) is 47.6 Å². The summed E-state index contributed by atoms with van der Waals surface area (Å²) in [7, 11) is -0.550. The Kier molecular flexibility index (Phi) is 9.10. The van der Waals surface area contributed by atoms with Crippen LogP contribution in [0.15, 0.2) is 42.5 Å². The second-order valence-electron chi connectivity index (χ2n) is 14.0. The molecule has 4 atom stereocenters. The standard InChI is InChI=1S/C36H43N7O7S/c1-21-10-9-12-27(37-21)31-38-30-22(2)29(49-4)16-15-26(30)33(39-31)50-24-18-28-32(44)40-36(34(45)41-51(47,48)25-13-14-25)19-23(36)11-7-5-6-8-17-42(3)35(46)43(28)20-24/h7,9-12,15-16,23-25,28H,5-6,8,13-14,17-20H2,1-4H3,(H,40,44)(H,41,45)/b11-7-/t23-,24+,28-,36+/m0/s1. The molecular weight excluding hydrogens is 675 g/mol. The molecule has 0 radical (unpaired) electrons. The first-order chi connectivity index (χ1) is 24.4. The van der Waals surface area contributed by atoms with Gasteiger partial charge in [-0.05, 0) is 76.6 Å². The van der Waals surface area contributed by atoms with Crippen LogP contribution in [0.25, 0.3) is 22.4 Å². The van der Waals surface area contributed by atoms with Gasteiger partial charge in [0, 0.05) is 37.2 Å². The summed E-state index contributed by atoms with van der Waals surface area (Å²) in [5.41, 5.74) is 1.32. The zero-order chi connectivity index (χ0) is 36.1. The Hall–Kier alpha value is -4.79. The van der Waals surface area contributed by atoms with E-state index in [0.717, 1.165) is 30.5 Å². The van der Waals surface area contributed by atoms with E-state index in [1.54, 1.807) is 19.1 Å². The Morgan fingerprint density at radius 2 is 1.88 bits per heavy atom. The number of benzene rings is 1. The Morgan fingerprint density at radius 1 is 1.08 bits per heavy atom. The minimum Gasteiger partial charge on any atom is -0.496 e. The summed E-state index contributed by atoms with van der Waals surface area (Å²) in [4.78, 5) is 59.0. The number of allylic oxidation sites excluding steroid dienone is 1. The SMILES string of the molecule is COc1ccc2c(O[C@@H]3C[C@H]4C(=O)N[C@]5(C(=O)NS(=O)(=O)C6CC6)C[C@@H]5/C=C\CCCCN(C)C(=O)N4C3)nc(-c3cccc(C)n3)nc2c1C. The average Bonchev–Trinajstić information content (AvgIpc) is 4.03. The summed E-state index contributed by atoms with van der Waals surface area (Å²) < 4.78 is 39.9. The first-order valence-electron chi connectivity index (χ1n) is 17.4. The number of rotatable bonds is 7. The van der Waals surface area contributed by atoms with E-state index in [-0.39, 0.29) is 37.2 Å². The normalized spacial score (nSPS) is 26.1. The Bertz CT molecular complexity index is 2040. The molecule has 51 heavy (non-hydrogen) atoms. The third kappa shape index (κ3) is 6.83. The fourth-order valence-electron chi connectivity index (χ4n) is 7.03. The molecule has 4 aliphatic rings. The van der Waals surface area contributed by atoms with Gasteiger partial charge in [-0.3, -0.25) is 14.3 Å². The molecule has 15 heteroatoms. The highest BCUT2D eigenvalue weighted by Crippen LogP contribution is 2.46. The van der Waals surface area contributed by atoms with E-state index in [4.69, 9.17) is 19.4 Å². The van der Waals surface area contributed by atoms with E-state index < -0.39 is 44.8 Å². The van der Waals surface area contributed by atoms with Crippen molar-refractivity contribution in [1.82, 2.24) is 34.8 Å². The van der Waals surface area contributed by atoms with Gasteiger partial charge in [-0.15, -0.1) is 0 Å². The minimum atomic E-state index is -3.84. The number of aromatic nitrogens is 3. The number of pyridine rings is 1. The van der Waals surface area contributed by atoms with E-state index in [1.165, 1.54) is 4.90 Å². The van der Waals surface area contributed by atoms with Crippen LogP contribution < -0.4 is 19.5 Å². The molecule has 2 aliphatic carbocycles. The lowest BCUT2D eigenvalue weighted by atomic mass is 10.1. The fourth-order valence-corrected chi connectivity index (χ4v) is 8.40. The van der Waals surface area contributed by atoms with E-state index >= 15 is 0 Å². The van der Waals surface area contributed by atoms with Gasteiger partial charge in [-0.2, -0.15) is 4.98 Å². The Labute approximate surface area is 297 Å². The molecule has 3 aromatic rings. The maximum absolute atomic E-state index is 14.2. The largest absolute Gasteiger partial charge is 0.496 e. The van der Waals surface area contributed by atoms with E-state index in [9.17, 15) is 22.8 Å². The quantitative estimate of drug-likeness (QED) is 0.345. The molecule has 14 nitrogen and oxygen atoms in total. The molecule has 4 amide bonds. The molecule has 0 bridgehead atoms. The van der Waals surface area contributed by atoms with Crippen molar-refractivity contribution in [2.24, 2.45) is 5.92 Å². The number of nitrogens with zero attached hydrogens (tertiary/aromatic N) is 5.